The van der Waals surface area contributed by atoms with E-state index < -0.39 is 11.9 Å². The quantitative estimate of drug-likeness (QED) is 0.575. The number of hydrogen-bond acceptors (Lipinski definition) is 7. The minimum atomic E-state index is -0.558. The maximum Gasteiger partial charge on any atom is 0.253 e. The Morgan fingerprint density at radius 3 is 2.93 bits per heavy atom. The van der Waals surface area contributed by atoms with Gasteiger partial charge in [0.05, 0.1) is 17.3 Å². The van der Waals surface area contributed by atoms with E-state index in [-0.39, 0.29) is 28.6 Å². The molecule has 0 bridgehead atoms. The van der Waals surface area contributed by atoms with Gasteiger partial charge in [0.1, 0.15) is 40.9 Å². The van der Waals surface area contributed by atoms with Crippen LogP contribution in [0.1, 0.15) is 47.4 Å². The van der Waals surface area contributed by atoms with Gasteiger partial charge in [0, 0.05) is 11.9 Å². The minimum absolute atomic E-state index is 0.0436. The second-order valence-electron chi connectivity index (χ2n) is 7.35. The van der Waals surface area contributed by atoms with Gasteiger partial charge in [0.2, 0.25) is 0 Å². The van der Waals surface area contributed by atoms with E-state index in [0.29, 0.717) is 29.1 Å². The maximum absolute atomic E-state index is 14.4. The van der Waals surface area contributed by atoms with Crippen molar-refractivity contribution in [1.82, 2.24) is 20.3 Å². The molecule has 0 aliphatic heterocycles. The Morgan fingerprint density at radius 2 is 2.20 bits per heavy atom. The highest BCUT2D eigenvalue weighted by atomic mass is 19.1. The fraction of sp³-hybridized carbons (Fsp3) is 0.286. The van der Waals surface area contributed by atoms with Crippen LogP contribution in [0.5, 0.6) is 0 Å². The lowest BCUT2D eigenvalue weighted by Crippen LogP contribution is -2.28. The summed E-state index contributed by atoms with van der Waals surface area (Å²) in [6.45, 7) is 2.36. The highest BCUT2D eigenvalue weighted by molar-refractivity contribution is 5.99. The van der Waals surface area contributed by atoms with Crippen molar-refractivity contribution >= 4 is 28.4 Å². The molecule has 1 unspecified atom stereocenters. The molecule has 1 aliphatic carbocycles. The van der Waals surface area contributed by atoms with E-state index in [0.717, 1.165) is 12.8 Å². The summed E-state index contributed by atoms with van der Waals surface area (Å²) in [5, 5.41) is 15.9. The van der Waals surface area contributed by atoms with Gasteiger partial charge < -0.3 is 16.4 Å². The number of nitriles is 1. The molecular weight excluding hydrogens is 385 g/mol. The van der Waals surface area contributed by atoms with Gasteiger partial charge in [-0.25, -0.2) is 19.3 Å². The van der Waals surface area contributed by atoms with Crippen molar-refractivity contribution in [2.75, 3.05) is 17.6 Å². The normalized spacial score (nSPS) is 14.2. The number of rotatable bonds is 6. The second-order valence-corrected chi connectivity index (χ2v) is 7.35. The molecule has 8 nitrogen and oxygen atoms in total. The summed E-state index contributed by atoms with van der Waals surface area (Å²) < 4.78 is 14.4. The summed E-state index contributed by atoms with van der Waals surface area (Å²) >= 11 is 0. The molecule has 0 spiro atoms. The standard InChI is InChI=1S/C21H20FN7O/c1-11(28-20-15(8-23)19(24)26-10-27-20)17-14(21(30)25-9-12-5-6-12)7-13-3-2-4-16(22)18(13)29-17/h2-4,7,10-12H,5-6,9H2,1H3,(H,25,30)(H3,24,26,27,28). The SMILES string of the molecule is CC(Nc1ncnc(N)c1C#N)c1nc2c(F)cccc2cc1C(=O)NCC1CC1. The van der Waals surface area contributed by atoms with Gasteiger partial charge in [0.25, 0.3) is 5.91 Å². The van der Waals surface area contributed by atoms with Crippen molar-refractivity contribution in [2.45, 2.75) is 25.8 Å². The first kappa shape index (κ1) is 19.5. The van der Waals surface area contributed by atoms with Gasteiger partial charge in [-0.05, 0) is 37.8 Å². The van der Waals surface area contributed by atoms with Crippen molar-refractivity contribution in [3.05, 3.63) is 53.2 Å². The van der Waals surface area contributed by atoms with Crippen LogP contribution in [0.4, 0.5) is 16.0 Å². The van der Waals surface area contributed by atoms with Crippen molar-refractivity contribution in [2.24, 2.45) is 5.92 Å². The van der Waals surface area contributed by atoms with Gasteiger partial charge in [-0.2, -0.15) is 5.26 Å². The van der Waals surface area contributed by atoms with E-state index in [4.69, 9.17) is 5.73 Å². The molecule has 1 atom stereocenters. The number of para-hydroxylation sites is 1. The number of nitrogen functional groups attached to an aromatic ring is 1. The Balaban J connectivity index is 1.74. The van der Waals surface area contributed by atoms with Crippen molar-refractivity contribution in [1.29, 1.82) is 5.26 Å². The molecule has 30 heavy (non-hydrogen) atoms. The number of amides is 1. The number of nitrogens with two attached hydrogens (primary N) is 1. The van der Waals surface area contributed by atoms with Crippen LogP contribution in [0.3, 0.4) is 0 Å². The smallest absolute Gasteiger partial charge is 0.253 e. The predicted molar refractivity (Wildman–Crippen MR) is 110 cm³/mol. The number of fused-ring (bicyclic) bond motifs is 1. The molecule has 1 saturated carbocycles. The Morgan fingerprint density at radius 1 is 1.40 bits per heavy atom. The Bertz CT molecular complexity index is 1170. The lowest BCUT2D eigenvalue weighted by molar-refractivity contribution is 0.0950. The van der Waals surface area contributed by atoms with Gasteiger partial charge in [-0.3, -0.25) is 4.79 Å². The molecule has 0 radical (unpaired) electrons. The largest absolute Gasteiger partial charge is 0.382 e. The minimum Gasteiger partial charge on any atom is -0.382 e. The first-order valence-corrected chi connectivity index (χ1v) is 9.62. The summed E-state index contributed by atoms with van der Waals surface area (Å²) in [4.78, 5) is 25.2. The average Bonchev–Trinajstić information content (AvgIpc) is 3.56. The van der Waals surface area contributed by atoms with Crippen LogP contribution < -0.4 is 16.4 Å². The molecule has 1 amide bonds. The zero-order valence-electron chi connectivity index (χ0n) is 16.3. The molecule has 2 aromatic heterocycles. The number of nitrogens with zero attached hydrogens (tertiary/aromatic N) is 4. The van der Waals surface area contributed by atoms with E-state index in [2.05, 4.69) is 25.6 Å². The van der Waals surface area contributed by atoms with Crippen molar-refractivity contribution in [3.63, 3.8) is 0 Å². The van der Waals surface area contributed by atoms with Gasteiger partial charge in [-0.15, -0.1) is 0 Å². The summed E-state index contributed by atoms with van der Waals surface area (Å²) in [7, 11) is 0. The molecule has 3 aromatic rings. The number of nitrogens with one attached hydrogen (secondary N) is 2. The van der Waals surface area contributed by atoms with Gasteiger partial charge >= 0.3 is 0 Å². The number of halogens is 1. The number of anilines is 2. The van der Waals surface area contributed by atoms with E-state index in [1.165, 1.54) is 12.4 Å². The molecule has 152 valence electrons. The highest BCUT2D eigenvalue weighted by Gasteiger charge is 2.25. The lowest BCUT2D eigenvalue weighted by atomic mass is 10.0. The number of hydrogen-bond donors (Lipinski definition) is 3. The van der Waals surface area contributed by atoms with Crippen LogP contribution >= 0.6 is 0 Å². The molecule has 9 heteroatoms. The number of carbonyl (C=O) groups excluding carboxylic acids is 1. The fourth-order valence-corrected chi connectivity index (χ4v) is 3.24. The Kier molecular flexibility index (Phi) is 5.14. The summed E-state index contributed by atoms with van der Waals surface area (Å²) in [6, 6.07) is 7.66. The molecular formula is C21H20FN7O. The molecule has 1 aromatic carbocycles. The van der Waals surface area contributed by atoms with Crippen LogP contribution in [0.15, 0.2) is 30.6 Å². The third kappa shape index (κ3) is 3.85. The molecule has 2 heterocycles. The summed E-state index contributed by atoms with van der Waals surface area (Å²) in [5.41, 5.74) is 6.70. The first-order chi connectivity index (χ1) is 14.5. The number of carbonyl (C=O) groups is 1. The Labute approximate surface area is 172 Å². The number of aromatic nitrogens is 3. The van der Waals surface area contributed by atoms with Gasteiger partial charge in [0.15, 0.2) is 0 Å². The second kappa shape index (κ2) is 7.91. The predicted octanol–water partition coefficient (Wildman–Crippen LogP) is 2.93. The monoisotopic (exact) mass is 405 g/mol. The van der Waals surface area contributed by atoms with Crippen LogP contribution in [0, 0.1) is 23.1 Å². The molecule has 1 aliphatic rings. The van der Waals surface area contributed by atoms with E-state index in [1.807, 2.05) is 6.07 Å². The van der Waals surface area contributed by atoms with E-state index >= 15 is 0 Å². The molecule has 0 saturated heterocycles. The zero-order chi connectivity index (χ0) is 21.3. The first-order valence-electron chi connectivity index (χ1n) is 9.62. The van der Waals surface area contributed by atoms with E-state index in [9.17, 15) is 14.4 Å². The van der Waals surface area contributed by atoms with Crippen LogP contribution in [-0.2, 0) is 0 Å². The summed E-state index contributed by atoms with van der Waals surface area (Å²) in [5.74, 6) is 0.0298. The summed E-state index contributed by atoms with van der Waals surface area (Å²) in [6.07, 6.45) is 3.46. The maximum atomic E-state index is 14.4. The van der Waals surface area contributed by atoms with E-state index in [1.54, 1.807) is 25.1 Å². The number of pyridine rings is 1. The third-order valence-electron chi connectivity index (χ3n) is 5.07. The van der Waals surface area contributed by atoms with Crippen molar-refractivity contribution in [3.8, 4) is 6.07 Å². The van der Waals surface area contributed by atoms with Crippen LogP contribution in [0.2, 0.25) is 0 Å². The van der Waals surface area contributed by atoms with Crippen LogP contribution in [-0.4, -0.2) is 27.4 Å². The average molecular weight is 405 g/mol. The number of benzene rings is 1. The Hall–Kier alpha value is -3.80. The highest BCUT2D eigenvalue weighted by Crippen LogP contribution is 2.29. The zero-order valence-corrected chi connectivity index (χ0v) is 16.3. The van der Waals surface area contributed by atoms with Crippen molar-refractivity contribution < 1.29 is 9.18 Å². The lowest BCUT2D eigenvalue weighted by Gasteiger charge is -2.19. The fourth-order valence-electron chi connectivity index (χ4n) is 3.24. The molecule has 4 rings (SSSR count). The van der Waals surface area contributed by atoms with Crippen LogP contribution in [0.25, 0.3) is 10.9 Å². The molecule has 4 N–H and O–H groups in total. The van der Waals surface area contributed by atoms with Gasteiger partial charge in [-0.1, -0.05) is 12.1 Å². The molecule has 1 fully saturated rings. The third-order valence-corrected chi connectivity index (χ3v) is 5.07. The topological polar surface area (TPSA) is 130 Å².